The van der Waals surface area contributed by atoms with Crippen LogP contribution in [0.5, 0.6) is 11.6 Å². The van der Waals surface area contributed by atoms with Crippen LogP contribution in [0.25, 0.3) is 10.2 Å². The molecular formula is C21H28ClN5O4S. The smallest absolute Gasteiger partial charge is 0.267 e. The molecule has 4 rings (SSSR count). The maximum absolute atomic E-state index is 13.5. The van der Waals surface area contributed by atoms with Gasteiger partial charge in [0.15, 0.2) is 5.13 Å². The molecule has 1 amide bonds. The first kappa shape index (κ1) is 24.2. The van der Waals surface area contributed by atoms with E-state index < -0.39 is 0 Å². The molecule has 0 spiro atoms. The molecule has 32 heavy (non-hydrogen) atoms. The van der Waals surface area contributed by atoms with Crippen molar-refractivity contribution in [2.45, 2.75) is 6.42 Å². The molecule has 1 aliphatic heterocycles. The number of carbonyl (C=O) groups excluding carboxylic acids is 1. The first-order chi connectivity index (χ1) is 15.1. The van der Waals surface area contributed by atoms with Crippen LogP contribution in [0.4, 0.5) is 5.13 Å². The van der Waals surface area contributed by atoms with Crippen LogP contribution in [0.3, 0.4) is 0 Å². The van der Waals surface area contributed by atoms with Crippen LogP contribution in [0.15, 0.2) is 24.4 Å². The van der Waals surface area contributed by atoms with Gasteiger partial charge in [0.1, 0.15) is 11.3 Å². The van der Waals surface area contributed by atoms with Gasteiger partial charge in [-0.1, -0.05) is 11.3 Å². The van der Waals surface area contributed by atoms with E-state index in [9.17, 15) is 4.79 Å². The van der Waals surface area contributed by atoms with E-state index in [0.29, 0.717) is 23.1 Å². The Balaban J connectivity index is 0.00000289. The topological polar surface area (TPSA) is 82.0 Å². The van der Waals surface area contributed by atoms with Gasteiger partial charge in [-0.3, -0.25) is 19.3 Å². The van der Waals surface area contributed by atoms with E-state index in [1.54, 1.807) is 29.9 Å². The average molecular weight is 482 g/mol. The number of morpholine rings is 1. The molecule has 0 saturated carbocycles. The fourth-order valence-corrected chi connectivity index (χ4v) is 4.63. The summed E-state index contributed by atoms with van der Waals surface area (Å²) in [5, 5.41) is 4.89. The highest BCUT2D eigenvalue weighted by Crippen LogP contribution is 2.33. The number of aryl methyl sites for hydroxylation is 1. The molecule has 0 bridgehead atoms. The molecule has 1 saturated heterocycles. The minimum Gasteiger partial charge on any atom is -0.497 e. The van der Waals surface area contributed by atoms with E-state index in [0.717, 1.165) is 55.2 Å². The normalized spacial score (nSPS) is 14.2. The first-order valence-electron chi connectivity index (χ1n) is 10.2. The number of ether oxygens (including phenoxy) is 3. The molecule has 3 heterocycles. The molecule has 174 valence electrons. The summed E-state index contributed by atoms with van der Waals surface area (Å²) in [7, 11) is 4.93. The number of rotatable bonds is 8. The summed E-state index contributed by atoms with van der Waals surface area (Å²) in [5.41, 5.74) is 1.26. The monoisotopic (exact) mass is 481 g/mol. The Morgan fingerprint density at radius 2 is 2.03 bits per heavy atom. The minimum absolute atomic E-state index is 0. The number of thiazole rings is 1. The van der Waals surface area contributed by atoms with Crippen molar-refractivity contribution in [3.8, 4) is 11.6 Å². The molecule has 0 radical (unpaired) electrons. The zero-order valence-corrected chi connectivity index (χ0v) is 20.1. The van der Waals surface area contributed by atoms with Crippen LogP contribution < -0.4 is 14.4 Å². The lowest BCUT2D eigenvalue weighted by molar-refractivity contribution is 0.0376. The van der Waals surface area contributed by atoms with Crippen LogP contribution in [-0.2, 0) is 11.8 Å². The van der Waals surface area contributed by atoms with Crippen molar-refractivity contribution in [3.63, 3.8) is 0 Å². The van der Waals surface area contributed by atoms with Crippen LogP contribution >= 0.6 is 23.7 Å². The Hall–Kier alpha value is -2.40. The zero-order valence-electron chi connectivity index (χ0n) is 18.4. The third-order valence-corrected chi connectivity index (χ3v) is 6.28. The number of anilines is 1. The summed E-state index contributed by atoms with van der Waals surface area (Å²) in [6.07, 6.45) is 2.51. The van der Waals surface area contributed by atoms with Crippen molar-refractivity contribution >= 4 is 45.0 Å². The van der Waals surface area contributed by atoms with Gasteiger partial charge in [0.2, 0.25) is 5.88 Å². The Bertz CT molecular complexity index is 1050. The Labute approximate surface area is 197 Å². The maximum Gasteiger partial charge on any atom is 0.267 e. The van der Waals surface area contributed by atoms with Gasteiger partial charge in [0, 0.05) is 39.4 Å². The summed E-state index contributed by atoms with van der Waals surface area (Å²) in [5.74, 6) is 0.910. The van der Waals surface area contributed by atoms with Crippen molar-refractivity contribution in [1.29, 1.82) is 0 Å². The largest absolute Gasteiger partial charge is 0.497 e. The van der Waals surface area contributed by atoms with E-state index in [1.807, 2.05) is 18.2 Å². The summed E-state index contributed by atoms with van der Waals surface area (Å²) in [4.78, 5) is 22.3. The summed E-state index contributed by atoms with van der Waals surface area (Å²) < 4.78 is 18.6. The second-order valence-corrected chi connectivity index (χ2v) is 8.33. The van der Waals surface area contributed by atoms with Gasteiger partial charge in [-0.25, -0.2) is 4.98 Å². The lowest BCUT2D eigenvalue weighted by Gasteiger charge is -2.27. The van der Waals surface area contributed by atoms with Crippen molar-refractivity contribution in [2.24, 2.45) is 7.05 Å². The molecule has 9 nitrogen and oxygen atoms in total. The lowest BCUT2D eigenvalue weighted by Crippen LogP contribution is -2.39. The molecule has 11 heteroatoms. The van der Waals surface area contributed by atoms with Gasteiger partial charge in [-0.2, -0.15) is 0 Å². The van der Waals surface area contributed by atoms with Crippen LogP contribution in [0.1, 0.15) is 16.8 Å². The van der Waals surface area contributed by atoms with E-state index in [-0.39, 0.29) is 18.3 Å². The summed E-state index contributed by atoms with van der Waals surface area (Å²) >= 11 is 1.48. The lowest BCUT2D eigenvalue weighted by atomic mass is 10.2. The second kappa shape index (κ2) is 11.0. The number of amides is 1. The third-order valence-electron chi connectivity index (χ3n) is 5.24. The van der Waals surface area contributed by atoms with Gasteiger partial charge in [-0.05, 0) is 24.6 Å². The highest BCUT2D eigenvalue weighted by Gasteiger charge is 2.26. The van der Waals surface area contributed by atoms with Crippen molar-refractivity contribution in [3.05, 3.63) is 30.0 Å². The molecule has 3 aromatic rings. The van der Waals surface area contributed by atoms with E-state index in [4.69, 9.17) is 19.2 Å². The highest BCUT2D eigenvalue weighted by molar-refractivity contribution is 7.22. The number of benzene rings is 1. The van der Waals surface area contributed by atoms with Crippen LogP contribution in [-0.4, -0.2) is 79.2 Å². The second-order valence-electron chi connectivity index (χ2n) is 7.32. The predicted molar refractivity (Wildman–Crippen MR) is 127 cm³/mol. The third kappa shape index (κ3) is 5.32. The Morgan fingerprint density at radius 1 is 1.25 bits per heavy atom. The minimum atomic E-state index is -0.169. The average Bonchev–Trinajstić information content (AvgIpc) is 3.39. The number of aromatic nitrogens is 3. The molecule has 1 fully saturated rings. The number of nitrogens with zero attached hydrogens (tertiary/aromatic N) is 5. The number of fused-ring (bicyclic) bond motifs is 1. The number of methoxy groups -OCH3 is 2. The van der Waals surface area contributed by atoms with Crippen molar-refractivity contribution in [2.75, 3.05) is 58.5 Å². The number of carbonyl (C=O) groups is 1. The molecule has 1 aromatic carbocycles. The van der Waals surface area contributed by atoms with E-state index >= 15 is 0 Å². The van der Waals surface area contributed by atoms with Gasteiger partial charge in [0.25, 0.3) is 5.91 Å². The molecule has 0 unspecified atom stereocenters. The maximum atomic E-state index is 13.5. The molecule has 0 N–H and O–H groups in total. The molecule has 0 atom stereocenters. The zero-order chi connectivity index (χ0) is 21.8. The number of hydrogen-bond donors (Lipinski definition) is 0. The van der Waals surface area contributed by atoms with Gasteiger partial charge >= 0.3 is 0 Å². The highest BCUT2D eigenvalue weighted by atomic mass is 35.5. The summed E-state index contributed by atoms with van der Waals surface area (Å²) in [6, 6.07) is 5.73. The first-order valence-corrected chi connectivity index (χ1v) is 11.0. The fraction of sp³-hybridized carbons (Fsp3) is 0.476. The van der Waals surface area contributed by atoms with Gasteiger partial charge in [0.05, 0.1) is 37.6 Å². The molecule has 2 aromatic heterocycles. The Kier molecular flexibility index (Phi) is 8.30. The Morgan fingerprint density at radius 3 is 2.75 bits per heavy atom. The van der Waals surface area contributed by atoms with E-state index in [1.165, 1.54) is 18.4 Å². The SMILES string of the molecule is COc1ccc2nc(N(CCCN3CCOCC3)C(=O)c3cn(C)nc3OC)sc2c1.Cl. The predicted octanol–water partition coefficient (Wildman–Crippen LogP) is 2.84. The van der Waals surface area contributed by atoms with Crippen molar-refractivity contribution < 1.29 is 19.0 Å². The molecular weight excluding hydrogens is 454 g/mol. The van der Waals surface area contributed by atoms with Crippen molar-refractivity contribution in [1.82, 2.24) is 19.7 Å². The standard InChI is InChI=1S/C21H27N5O4S.ClH/c1-24-14-16(19(23-24)29-3)20(27)26(8-4-7-25-9-11-30-12-10-25)21-22-17-6-5-15(28-2)13-18(17)31-21;/h5-6,13-14H,4,7-12H2,1-3H3;1H. The molecule has 0 aliphatic carbocycles. The fourth-order valence-electron chi connectivity index (χ4n) is 3.61. The number of hydrogen-bond acceptors (Lipinski definition) is 8. The van der Waals surface area contributed by atoms with Gasteiger partial charge < -0.3 is 14.2 Å². The quantitative estimate of drug-likeness (QED) is 0.489. The van der Waals surface area contributed by atoms with Crippen LogP contribution in [0, 0.1) is 0 Å². The van der Waals surface area contributed by atoms with E-state index in [2.05, 4.69) is 10.00 Å². The summed E-state index contributed by atoms with van der Waals surface area (Å²) in [6.45, 7) is 4.81. The van der Waals surface area contributed by atoms with Crippen LogP contribution in [0.2, 0.25) is 0 Å². The number of halogens is 1. The van der Waals surface area contributed by atoms with Gasteiger partial charge in [-0.15, -0.1) is 17.5 Å². The molecule has 1 aliphatic rings.